The number of rotatable bonds is 7. The smallest absolute Gasteiger partial charge is 0.329 e. The van der Waals surface area contributed by atoms with Crippen LogP contribution in [0.2, 0.25) is 0 Å². The summed E-state index contributed by atoms with van der Waals surface area (Å²) in [5.41, 5.74) is -2.82. The fourth-order valence-corrected chi connectivity index (χ4v) is 5.75. The zero-order chi connectivity index (χ0) is 27.9. The lowest BCUT2D eigenvalue weighted by Gasteiger charge is -2.53. The predicted molar refractivity (Wildman–Crippen MR) is 137 cm³/mol. The molecule has 0 amide bonds. The molecular weight excluding hydrogens is 480 g/mol. The first-order valence-corrected chi connectivity index (χ1v) is 13.1. The Balaban J connectivity index is 2.28. The lowest BCUT2D eigenvalue weighted by molar-refractivity contribution is -0.415. The van der Waals surface area contributed by atoms with Gasteiger partial charge in [0.05, 0.1) is 6.61 Å². The van der Waals surface area contributed by atoms with Gasteiger partial charge in [0.15, 0.2) is 11.5 Å². The highest BCUT2D eigenvalue weighted by Crippen LogP contribution is 2.52. The van der Waals surface area contributed by atoms with E-state index in [2.05, 4.69) is 4.98 Å². The Morgan fingerprint density at radius 3 is 2.14 bits per heavy atom. The second-order valence-corrected chi connectivity index (χ2v) is 11.5. The van der Waals surface area contributed by atoms with Crippen LogP contribution in [0.1, 0.15) is 68.7 Å². The second-order valence-electron chi connectivity index (χ2n) is 11.5. The van der Waals surface area contributed by atoms with Crippen molar-refractivity contribution in [3.8, 4) is 0 Å². The first-order valence-electron chi connectivity index (χ1n) is 13.1. The number of aliphatic hydroxyl groups is 1. The van der Waals surface area contributed by atoms with Gasteiger partial charge in [0, 0.05) is 48.8 Å². The molecule has 2 atom stereocenters. The number of aromatic nitrogens is 2. The molecule has 1 aliphatic heterocycles. The Morgan fingerprint density at radius 1 is 1.08 bits per heavy atom. The number of ether oxygens (including phenoxy) is 4. The lowest BCUT2D eigenvalue weighted by Crippen LogP contribution is -2.60. The molecule has 2 aliphatic rings. The standard InChI is InChI=1S/C27H42N2O8/c1-15(2)26(16(3)4)35-13-20-12-25(14-34-19(9)30,29-11-10-21(31)28-24(29)33)23(32)22(20)36-27(37-26,17(5)6)18(7)8/h10-11,15-18,20,32H,12-14H2,1-9H3,(H,28,31,33)/t20-,25+/m1/s1. The number of hydrogen-bond donors (Lipinski definition) is 2. The Kier molecular flexibility index (Phi) is 8.05. The van der Waals surface area contributed by atoms with E-state index in [9.17, 15) is 19.5 Å². The molecule has 1 saturated heterocycles. The topological polar surface area (TPSA) is 129 Å². The molecular formula is C27H42N2O8. The number of H-pyrrole nitrogens is 1. The van der Waals surface area contributed by atoms with Crippen LogP contribution in [0.25, 0.3) is 0 Å². The fraction of sp³-hybridized carbons (Fsp3) is 0.741. The van der Waals surface area contributed by atoms with Crippen LogP contribution in [0.4, 0.5) is 0 Å². The second kappa shape index (κ2) is 10.3. The molecule has 10 heteroatoms. The predicted octanol–water partition coefficient (Wildman–Crippen LogP) is 3.66. The molecule has 0 aromatic carbocycles. The molecule has 1 aliphatic carbocycles. The first-order chi connectivity index (χ1) is 17.1. The molecule has 1 aromatic heterocycles. The molecule has 37 heavy (non-hydrogen) atoms. The minimum atomic E-state index is -1.50. The summed E-state index contributed by atoms with van der Waals surface area (Å²) in [7, 11) is 0. The van der Waals surface area contributed by atoms with E-state index >= 15 is 0 Å². The number of nitrogens with zero attached hydrogens (tertiary/aromatic N) is 1. The normalized spacial score (nSPS) is 25.3. The maximum Gasteiger partial charge on any atom is 0.329 e. The largest absolute Gasteiger partial charge is 0.506 e. The highest BCUT2D eigenvalue weighted by Gasteiger charge is 2.59. The van der Waals surface area contributed by atoms with E-state index in [0.29, 0.717) is 0 Å². The molecule has 0 radical (unpaired) electrons. The van der Waals surface area contributed by atoms with E-state index in [1.54, 1.807) is 0 Å². The van der Waals surface area contributed by atoms with E-state index < -0.39 is 40.2 Å². The van der Waals surface area contributed by atoms with Crippen molar-refractivity contribution >= 4 is 5.97 Å². The van der Waals surface area contributed by atoms with Crippen molar-refractivity contribution in [2.75, 3.05) is 13.2 Å². The highest BCUT2D eigenvalue weighted by atomic mass is 16.8. The Bertz CT molecular complexity index is 1130. The summed E-state index contributed by atoms with van der Waals surface area (Å²) in [6.45, 7) is 17.2. The molecule has 1 fully saturated rings. The van der Waals surface area contributed by atoms with E-state index in [1.807, 2.05) is 55.4 Å². The van der Waals surface area contributed by atoms with Gasteiger partial charge in [-0.1, -0.05) is 55.4 Å². The van der Waals surface area contributed by atoms with Crippen molar-refractivity contribution < 1.29 is 28.8 Å². The quantitative estimate of drug-likeness (QED) is 0.519. The zero-order valence-corrected chi connectivity index (χ0v) is 23.4. The number of fused-ring (bicyclic) bond motifs is 1. The average molecular weight is 523 g/mol. The van der Waals surface area contributed by atoms with Gasteiger partial charge in [0.2, 0.25) is 5.79 Å². The summed E-state index contributed by atoms with van der Waals surface area (Å²) in [5, 5.41) is 11.8. The van der Waals surface area contributed by atoms with Gasteiger partial charge in [0.25, 0.3) is 5.56 Å². The van der Waals surface area contributed by atoms with Crippen LogP contribution in [0.5, 0.6) is 0 Å². The maximum atomic E-state index is 12.9. The summed E-state index contributed by atoms with van der Waals surface area (Å²) in [4.78, 5) is 38.8. The third-order valence-corrected chi connectivity index (χ3v) is 7.75. The van der Waals surface area contributed by atoms with Crippen molar-refractivity contribution in [1.82, 2.24) is 9.55 Å². The maximum absolute atomic E-state index is 12.9. The first kappa shape index (κ1) is 29.0. The van der Waals surface area contributed by atoms with Gasteiger partial charge in [0.1, 0.15) is 17.9 Å². The molecule has 0 bridgehead atoms. The number of nitrogens with one attached hydrogen (secondary N) is 1. The number of aromatic amines is 1. The molecule has 0 spiro atoms. The van der Waals surface area contributed by atoms with E-state index in [1.165, 1.54) is 23.8 Å². The molecule has 3 rings (SSSR count). The van der Waals surface area contributed by atoms with Gasteiger partial charge in [-0.05, 0) is 6.42 Å². The van der Waals surface area contributed by atoms with Crippen molar-refractivity contribution in [1.29, 1.82) is 0 Å². The number of aliphatic hydroxyl groups excluding tert-OH is 1. The van der Waals surface area contributed by atoms with Gasteiger partial charge in [-0.3, -0.25) is 19.1 Å². The molecule has 10 nitrogen and oxygen atoms in total. The van der Waals surface area contributed by atoms with Crippen LogP contribution in [0.3, 0.4) is 0 Å². The summed E-state index contributed by atoms with van der Waals surface area (Å²) >= 11 is 0. The van der Waals surface area contributed by atoms with Crippen molar-refractivity contribution in [3.63, 3.8) is 0 Å². The highest BCUT2D eigenvalue weighted by molar-refractivity contribution is 5.66. The fourth-order valence-electron chi connectivity index (χ4n) is 5.75. The number of carbonyl (C=O) groups excluding carboxylic acids is 1. The van der Waals surface area contributed by atoms with Crippen LogP contribution in [0, 0.1) is 29.6 Å². The molecule has 2 heterocycles. The third kappa shape index (κ3) is 4.85. The van der Waals surface area contributed by atoms with Gasteiger partial charge in [-0.15, -0.1) is 0 Å². The average Bonchev–Trinajstić information content (AvgIpc) is 3.02. The lowest BCUT2D eigenvalue weighted by atomic mass is 9.86. The van der Waals surface area contributed by atoms with Crippen LogP contribution in [0.15, 0.2) is 33.4 Å². The van der Waals surface area contributed by atoms with E-state index in [0.717, 1.165) is 0 Å². The van der Waals surface area contributed by atoms with Gasteiger partial charge in [-0.2, -0.15) is 0 Å². The Morgan fingerprint density at radius 2 is 1.65 bits per heavy atom. The molecule has 2 N–H and O–H groups in total. The summed E-state index contributed by atoms with van der Waals surface area (Å²) in [5.74, 6) is -3.58. The minimum Gasteiger partial charge on any atom is -0.506 e. The molecule has 1 aromatic rings. The van der Waals surface area contributed by atoms with Crippen LogP contribution < -0.4 is 11.2 Å². The van der Waals surface area contributed by atoms with Gasteiger partial charge in [-0.25, -0.2) is 4.79 Å². The third-order valence-electron chi connectivity index (χ3n) is 7.75. The van der Waals surface area contributed by atoms with Crippen LogP contribution >= 0.6 is 0 Å². The summed E-state index contributed by atoms with van der Waals surface area (Å²) < 4.78 is 26.8. The SMILES string of the molecule is CC(=O)OC[C@@]1(n2ccc(=O)[nH]c2=O)C[C@@H]2COC(C(C)C)(C(C)C)OC(C(C)C)(C(C)C)OC2=C1O. The van der Waals surface area contributed by atoms with Crippen molar-refractivity contribution in [2.45, 2.75) is 85.8 Å². The number of esters is 1. The van der Waals surface area contributed by atoms with Gasteiger partial charge >= 0.3 is 11.7 Å². The molecule has 0 unspecified atom stereocenters. The number of hydrogen-bond acceptors (Lipinski definition) is 8. The summed E-state index contributed by atoms with van der Waals surface area (Å²) in [6.07, 6.45) is 1.44. The van der Waals surface area contributed by atoms with Crippen LogP contribution in [-0.2, 0) is 29.3 Å². The van der Waals surface area contributed by atoms with Crippen LogP contribution in [-0.4, -0.2) is 45.4 Å². The monoisotopic (exact) mass is 522 g/mol. The van der Waals surface area contributed by atoms with Gasteiger partial charge < -0.3 is 24.1 Å². The zero-order valence-electron chi connectivity index (χ0n) is 23.4. The molecule has 0 saturated carbocycles. The van der Waals surface area contributed by atoms with E-state index in [-0.39, 0.29) is 54.8 Å². The minimum absolute atomic E-state index is 0.0267. The van der Waals surface area contributed by atoms with Crippen molar-refractivity contribution in [2.24, 2.45) is 29.6 Å². The Labute approximate surface area is 218 Å². The van der Waals surface area contributed by atoms with Crippen molar-refractivity contribution in [3.05, 3.63) is 44.6 Å². The summed E-state index contributed by atoms with van der Waals surface area (Å²) in [6, 6.07) is 1.19. The molecule has 208 valence electrons. The van der Waals surface area contributed by atoms with E-state index in [4.69, 9.17) is 18.9 Å². The Hall–Kier alpha value is -2.59. The number of carbonyl (C=O) groups is 1.